The van der Waals surface area contributed by atoms with Crippen molar-refractivity contribution >= 4 is 0 Å². The van der Waals surface area contributed by atoms with Gasteiger partial charge in [0.25, 0.3) is 0 Å². The SMILES string of the molecule is Cc1cccc(C(O)COc2ccccc2F)c1. The number of halogens is 1. The highest BCUT2D eigenvalue weighted by molar-refractivity contribution is 5.26. The Morgan fingerprint density at radius 1 is 1.17 bits per heavy atom. The van der Waals surface area contributed by atoms with Gasteiger partial charge in [-0.25, -0.2) is 4.39 Å². The van der Waals surface area contributed by atoms with Crippen molar-refractivity contribution in [3.05, 3.63) is 65.5 Å². The molecule has 0 aliphatic rings. The molecule has 3 heteroatoms. The Balaban J connectivity index is 2.00. The van der Waals surface area contributed by atoms with Crippen LogP contribution >= 0.6 is 0 Å². The van der Waals surface area contributed by atoms with Crippen molar-refractivity contribution in [2.45, 2.75) is 13.0 Å². The smallest absolute Gasteiger partial charge is 0.165 e. The molecule has 94 valence electrons. The summed E-state index contributed by atoms with van der Waals surface area (Å²) in [5.41, 5.74) is 1.84. The Hall–Kier alpha value is -1.87. The van der Waals surface area contributed by atoms with E-state index in [1.54, 1.807) is 12.1 Å². The van der Waals surface area contributed by atoms with Gasteiger partial charge in [0.05, 0.1) is 0 Å². The van der Waals surface area contributed by atoms with Crippen LogP contribution in [0.15, 0.2) is 48.5 Å². The van der Waals surface area contributed by atoms with Crippen molar-refractivity contribution in [2.24, 2.45) is 0 Å². The molecule has 1 N–H and O–H groups in total. The first kappa shape index (κ1) is 12.6. The van der Waals surface area contributed by atoms with Gasteiger partial charge in [0.2, 0.25) is 0 Å². The van der Waals surface area contributed by atoms with Crippen molar-refractivity contribution in [1.82, 2.24) is 0 Å². The van der Waals surface area contributed by atoms with Crippen LogP contribution in [0.3, 0.4) is 0 Å². The molecule has 0 amide bonds. The number of aliphatic hydroxyl groups is 1. The number of hydrogen-bond donors (Lipinski definition) is 1. The van der Waals surface area contributed by atoms with Crippen molar-refractivity contribution < 1.29 is 14.2 Å². The molecule has 0 aromatic heterocycles. The third-order valence-corrected chi connectivity index (χ3v) is 2.66. The van der Waals surface area contributed by atoms with E-state index in [9.17, 15) is 9.50 Å². The molecule has 1 atom stereocenters. The summed E-state index contributed by atoms with van der Waals surface area (Å²) in [5, 5.41) is 9.95. The first-order chi connectivity index (χ1) is 8.66. The predicted molar refractivity (Wildman–Crippen MR) is 68.0 cm³/mol. The van der Waals surface area contributed by atoms with Crippen molar-refractivity contribution in [2.75, 3.05) is 6.61 Å². The Morgan fingerprint density at radius 3 is 2.67 bits per heavy atom. The van der Waals surface area contributed by atoms with Crippen molar-refractivity contribution in [1.29, 1.82) is 0 Å². The molecule has 0 fully saturated rings. The largest absolute Gasteiger partial charge is 0.487 e. The number of para-hydroxylation sites is 1. The van der Waals surface area contributed by atoms with Crippen molar-refractivity contribution in [3.8, 4) is 5.75 Å². The minimum atomic E-state index is -0.760. The van der Waals surface area contributed by atoms with Gasteiger partial charge >= 0.3 is 0 Å². The second-order valence-electron chi connectivity index (χ2n) is 4.17. The number of aryl methyl sites for hydroxylation is 1. The molecule has 18 heavy (non-hydrogen) atoms. The maximum absolute atomic E-state index is 13.3. The molecule has 0 radical (unpaired) electrons. The van der Waals surface area contributed by atoms with Gasteiger partial charge < -0.3 is 9.84 Å². The Bertz CT molecular complexity index is 525. The molecule has 0 bridgehead atoms. The molecule has 2 nitrogen and oxygen atoms in total. The second-order valence-corrected chi connectivity index (χ2v) is 4.17. The van der Waals surface area contributed by atoms with Crippen LogP contribution in [0, 0.1) is 12.7 Å². The van der Waals surface area contributed by atoms with E-state index < -0.39 is 11.9 Å². The Labute approximate surface area is 106 Å². The number of hydrogen-bond acceptors (Lipinski definition) is 2. The van der Waals surface area contributed by atoms with Crippen LogP contribution in [0.4, 0.5) is 4.39 Å². The quantitative estimate of drug-likeness (QED) is 0.897. The lowest BCUT2D eigenvalue weighted by Crippen LogP contribution is -2.10. The number of aliphatic hydroxyl groups excluding tert-OH is 1. The van der Waals surface area contributed by atoms with Gasteiger partial charge in [-0.1, -0.05) is 42.0 Å². The standard InChI is InChI=1S/C15H15FO2/c1-11-5-4-6-12(9-11)14(17)10-18-15-8-3-2-7-13(15)16/h2-9,14,17H,10H2,1H3. The number of benzene rings is 2. The molecule has 2 aromatic carbocycles. The van der Waals surface area contributed by atoms with E-state index in [1.165, 1.54) is 12.1 Å². The monoisotopic (exact) mass is 246 g/mol. The summed E-state index contributed by atoms with van der Waals surface area (Å²) in [6, 6.07) is 13.7. The summed E-state index contributed by atoms with van der Waals surface area (Å²) in [4.78, 5) is 0. The first-order valence-corrected chi connectivity index (χ1v) is 5.79. The zero-order valence-corrected chi connectivity index (χ0v) is 10.1. The lowest BCUT2D eigenvalue weighted by molar-refractivity contribution is 0.106. The Kier molecular flexibility index (Phi) is 3.95. The summed E-state index contributed by atoms with van der Waals surface area (Å²) in [7, 11) is 0. The molecular formula is C15H15FO2. The third kappa shape index (κ3) is 3.08. The second kappa shape index (κ2) is 5.65. The summed E-state index contributed by atoms with van der Waals surface area (Å²) in [6.45, 7) is 1.98. The third-order valence-electron chi connectivity index (χ3n) is 2.66. The van der Waals surface area contributed by atoms with Crippen LogP contribution in [-0.4, -0.2) is 11.7 Å². The molecule has 0 aliphatic carbocycles. The zero-order chi connectivity index (χ0) is 13.0. The van der Waals surface area contributed by atoms with E-state index in [2.05, 4.69) is 0 Å². The Morgan fingerprint density at radius 2 is 1.94 bits per heavy atom. The molecule has 2 rings (SSSR count). The molecule has 0 spiro atoms. The summed E-state index contributed by atoms with van der Waals surface area (Å²) in [6.07, 6.45) is -0.760. The normalized spacial score (nSPS) is 12.2. The van der Waals surface area contributed by atoms with Crippen LogP contribution in [0.5, 0.6) is 5.75 Å². The lowest BCUT2D eigenvalue weighted by Gasteiger charge is -2.13. The fourth-order valence-electron chi connectivity index (χ4n) is 1.70. The summed E-state index contributed by atoms with van der Waals surface area (Å²) < 4.78 is 18.6. The average Bonchev–Trinajstić information content (AvgIpc) is 2.37. The van der Waals surface area contributed by atoms with E-state index in [0.717, 1.165) is 11.1 Å². The predicted octanol–water partition coefficient (Wildman–Crippen LogP) is 3.25. The highest BCUT2D eigenvalue weighted by Gasteiger charge is 2.10. The van der Waals surface area contributed by atoms with Crippen LogP contribution in [0.1, 0.15) is 17.2 Å². The van der Waals surface area contributed by atoms with Gasteiger partial charge in [0.1, 0.15) is 12.7 Å². The topological polar surface area (TPSA) is 29.5 Å². The number of rotatable bonds is 4. The van der Waals surface area contributed by atoms with Gasteiger partial charge in [-0.2, -0.15) is 0 Å². The molecule has 2 aromatic rings. The minimum absolute atomic E-state index is 0.0321. The minimum Gasteiger partial charge on any atom is -0.487 e. The van der Waals surface area contributed by atoms with Gasteiger partial charge in [-0.15, -0.1) is 0 Å². The van der Waals surface area contributed by atoms with Gasteiger partial charge in [-0.3, -0.25) is 0 Å². The molecule has 0 saturated carbocycles. The lowest BCUT2D eigenvalue weighted by atomic mass is 10.1. The first-order valence-electron chi connectivity index (χ1n) is 5.79. The van der Waals surface area contributed by atoms with Gasteiger partial charge in [0.15, 0.2) is 11.6 Å². The molecule has 0 heterocycles. The van der Waals surface area contributed by atoms with Gasteiger partial charge in [-0.05, 0) is 24.6 Å². The van der Waals surface area contributed by atoms with E-state index in [1.807, 2.05) is 31.2 Å². The highest BCUT2D eigenvalue weighted by atomic mass is 19.1. The van der Waals surface area contributed by atoms with E-state index in [4.69, 9.17) is 4.74 Å². The fraction of sp³-hybridized carbons (Fsp3) is 0.200. The van der Waals surface area contributed by atoms with Crippen molar-refractivity contribution in [3.63, 3.8) is 0 Å². The maximum atomic E-state index is 13.3. The van der Waals surface area contributed by atoms with Crippen LogP contribution < -0.4 is 4.74 Å². The van der Waals surface area contributed by atoms with E-state index >= 15 is 0 Å². The van der Waals surface area contributed by atoms with E-state index in [-0.39, 0.29) is 12.4 Å². The molecule has 1 unspecified atom stereocenters. The summed E-state index contributed by atoms with van der Waals surface area (Å²) in [5.74, 6) is -0.266. The van der Waals surface area contributed by atoms with Crippen LogP contribution in [-0.2, 0) is 0 Å². The number of ether oxygens (including phenoxy) is 1. The van der Waals surface area contributed by atoms with Gasteiger partial charge in [0, 0.05) is 0 Å². The van der Waals surface area contributed by atoms with E-state index in [0.29, 0.717) is 0 Å². The average molecular weight is 246 g/mol. The van der Waals surface area contributed by atoms with Crippen LogP contribution in [0.25, 0.3) is 0 Å². The highest BCUT2D eigenvalue weighted by Crippen LogP contribution is 2.19. The maximum Gasteiger partial charge on any atom is 0.165 e. The zero-order valence-electron chi connectivity index (χ0n) is 10.1. The van der Waals surface area contributed by atoms with Crippen LogP contribution in [0.2, 0.25) is 0 Å². The molecule has 0 saturated heterocycles. The molecular weight excluding hydrogens is 231 g/mol. The molecule has 0 aliphatic heterocycles. The fourth-order valence-corrected chi connectivity index (χ4v) is 1.70. The summed E-state index contributed by atoms with van der Waals surface area (Å²) >= 11 is 0.